The molecule has 1 amide bonds. The SMILES string of the molecule is O=C(O)N1CC2(CCC(=Cc3ccc(C(F)(F)F)cn3)CC2)C1. The number of halogens is 3. The van der Waals surface area contributed by atoms with Crippen LogP contribution in [-0.4, -0.2) is 34.2 Å². The zero-order chi connectivity index (χ0) is 16.7. The van der Waals surface area contributed by atoms with Crippen molar-refractivity contribution in [2.45, 2.75) is 31.9 Å². The van der Waals surface area contributed by atoms with Gasteiger partial charge in [0.2, 0.25) is 0 Å². The lowest BCUT2D eigenvalue weighted by Crippen LogP contribution is -2.58. The van der Waals surface area contributed by atoms with Crippen LogP contribution in [-0.2, 0) is 6.18 Å². The number of likely N-dealkylation sites (tertiary alicyclic amines) is 1. The van der Waals surface area contributed by atoms with Crippen LogP contribution in [0.5, 0.6) is 0 Å². The number of aromatic nitrogens is 1. The number of hydrogen-bond donors (Lipinski definition) is 1. The Morgan fingerprint density at radius 2 is 1.91 bits per heavy atom. The minimum Gasteiger partial charge on any atom is -0.465 e. The molecule has 1 aromatic rings. The van der Waals surface area contributed by atoms with Gasteiger partial charge in [-0.1, -0.05) is 5.57 Å². The van der Waals surface area contributed by atoms with Gasteiger partial charge in [0, 0.05) is 24.7 Å². The summed E-state index contributed by atoms with van der Waals surface area (Å²) in [4.78, 5) is 16.1. The molecule has 0 atom stereocenters. The van der Waals surface area contributed by atoms with Crippen molar-refractivity contribution in [1.82, 2.24) is 9.88 Å². The van der Waals surface area contributed by atoms with E-state index in [9.17, 15) is 18.0 Å². The molecular weight excluding hydrogens is 309 g/mol. The second-order valence-electron chi connectivity index (χ2n) is 6.41. The smallest absolute Gasteiger partial charge is 0.417 e. The van der Waals surface area contributed by atoms with Crippen molar-refractivity contribution in [2.75, 3.05) is 13.1 Å². The van der Waals surface area contributed by atoms with E-state index in [-0.39, 0.29) is 5.41 Å². The summed E-state index contributed by atoms with van der Waals surface area (Å²) in [5, 5.41) is 8.90. The zero-order valence-electron chi connectivity index (χ0n) is 12.4. The van der Waals surface area contributed by atoms with Crippen LogP contribution in [0.2, 0.25) is 0 Å². The van der Waals surface area contributed by atoms with Gasteiger partial charge < -0.3 is 10.0 Å². The molecular formula is C16H17F3N2O2. The molecule has 0 radical (unpaired) electrons. The predicted octanol–water partition coefficient (Wildman–Crippen LogP) is 4.04. The highest BCUT2D eigenvalue weighted by atomic mass is 19.4. The van der Waals surface area contributed by atoms with Crippen molar-refractivity contribution >= 4 is 12.2 Å². The monoisotopic (exact) mass is 326 g/mol. The highest BCUT2D eigenvalue weighted by Gasteiger charge is 2.46. The number of allylic oxidation sites excluding steroid dienone is 1. The van der Waals surface area contributed by atoms with Crippen molar-refractivity contribution in [3.63, 3.8) is 0 Å². The van der Waals surface area contributed by atoms with Crippen LogP contribution in [0.3, 0.4) is 0 Å². The fourth-order valence-corrected chi connectivity index (χ4v) is 3.33. The Kier molecular flexibility index (Phi) is 3.82. The lowest BCUT2D eigenvalue weighted by Gasteiger charge is -2.51. The van der Waals surface area contributed by atoms with Crippen LogP contribution in [0.15, 0.2) is 23.9 Å². The van der Waals surface area contributed by atoms with Crippen LogP contribution < -0.4 is 0 Å². The average molecular weight is 326 g/mol. The van der Waals surface area contributed by atoms with Crippen LogP contribution in [0.1, 0.15) is 36.9 Å². The summed E-state index contributed by atoms with van der Waals surface area (Å²) >= 11 is 0. The average Bonchev–Trinajstić information content (AvgIpc) is 2.45. The molecule has 1 saturated heterocycles. The van der Waals surface area contributed by atoms with Crippen molar-refractivity contribution in [3.8, 4) is 0 Å². The number of amides is 1. The fourth-order valence-electron chi connectivity index (χ4n) is 3.33. The molecule has 7 heteroatoms. The number of carbonyl (C=O) groups is 1. The number of nitrogens with zero attached hydrogens (tertiary/aromatic N) is 2. The first-order valence-electron chi connectivity index (χ1n) is 7.48. The van der Waals surface area contributed by atoms with Gasteiger partial charge in [-0.3, -0.25) is 4.98 Å². The summed E-state index contributed by atoms with van der Waals surface area (Å²) in [6.07, 6.45) is 0.995. The van der Waals surface area contributed by atoms with Gasteiger partial charge in [0.25, 0.3) is 0 Å². The fraction of sp³-hybridized carbons (Fsp3) is 0.500. The molecule has 0 unspecified atom stereocenters. The third-order valence-electron chi connectivity index (χ3n) is 4.74. The van der Waals surface area contributed by atoms with Gasteiger partial charge in [-0.2, -0.15) is 13.2 Å². The topological polar surface area (TPSA) is 53.4 Å². The van der Waals surface area contributed by atoms with Gasteiger partial charge in [0.15, 0.2) is 0 Å². The molecule has 0 aromatic carbocycles. The van der Waals surface area contributed by atoms with E-state index in [0.717, 1.165) is 43.5 Å². The normalized spacial score (nSPS) is 20.3. The third-order valence-corrected chi connectivity index (χ3v) is 4.74. The standard InChI is InChI=1S/C16H17F3N2O2/c17-16(18,19)12-1-2-13(20-8-12)7-11-3-5-15(6-4-11)9-21(10-15)14(22)23/h1-2,7-8H,3-6,9-10H2,(H,22,23). The van der Waals surface area contributed by atoms with Crippen LogP contribution in [0.25, 0.3) is 6.08 Å². The number of carboxylic acid groups (broad SMARTS) is 1. The highest BCUT2D eigenvalue weighted by molar-refractivity contribution is 5.66. The van der Waals surface area contributed by atoms with E-state index in [4.69, 9.17) is 5.11 Å². The Bertz CT molecular complexity index is 620. The second kappa shape index (κ2) is 5.54. The lowest BCUT2D eigenvalue weighted by atomic mass is 9.67. The van der Waals surface area contributed by atoms with E-state index in [1.165, 1.54) is 11.0 Å². The molecule has 23 heavy (non-hydrogen) atoms. The molecule has 0 bridgehead atoms. The van der Waals surface area contributed by atoms with Crippen molar-refractivity contribution < 1.29 is 23.1 Å². The summed E-state index contributed by atoms with van der Waals surface area (Å²) in [6, 6.07) is 2.43. The van der Waals surface area contributed by atoms with Crippen LogP contribution >= 0.6 is 0 Å². The molecule has 124 valence electrons. The maximum absolute atomic E-state index is 12.5. The summed E-state index contributed by atoms with van der Waals surface area (Å²) in [5.74, 6) is 0. The minimum absolute atomic E-state index is 0.100. The van der Waals surface area contributed by atoms with Gasteiger partial charge in [-0.15, -0.1) is 0 Å². The van der Waals surface area contributed by atoms with Gasteiger partial charge in [-0.25, -0.2) is 4.79 Å². The molecule has 3 rings (SSSR count). The molecule has 1 N–H and O–H groups in total. The Morgan fingerprint density at radius 3 is 2.39 bits per heavy atom. The van der Waals surface area contributed by atoms with Crippen molar-refractivity contribution in [1.29, 1.82) is 0 Å². The summed E-state index contributed by atoms with van der Waals surface area (Å²) < 4.78 is 37.5. The van der Waals surface area contributed by atoms with E-state index in [0.29, 0.717) is 18.8 Å². The van der Waals surface area contributed by atoms with Gasteiger partial charge in [-0.05, 0) is 43.9 Å². The highest BCUT2D eigenvalue weighted by Crippen LogP contribution is 2.45. The van der Waals surface area contributed by atoms with Gasteiger partial charge in [0.05, 0.1) is 11.3 Å². The molecule has 1 aliphatic carbocycles. The van der Waals surface area contributed by atoms with Crippen LogP contribution in [0.4, 0.5) is 18.0 Å². The van der Waals surface area contributed by atoms with E-state index < -0.39 is 17.8 Å². The summed E-state index contributed by atoms with van der Waals surface area (Å²) in [5.41, 5.74) is 1.05. The number of pyridine rings is 1. The molecule has 1 saturated carbocycles. The molecule has 1 aromatic heterocycles. The maximum atomic E-state index is 12.5. The van der Waals surface area contributed by atoms with Crippen molar-refractivity contribution in [2.24, 2.45) is 5.41 Å². The lowest BCUT2D eigenvalue weighted by molar-refractivity contribution is -0.137. The summed E-state index contributed by atoms with van der Waals surface area (Å²) in [7, 11) is 0. The number of alkyl halides is 3. The van der Waals surface area contributed by atoms with Crippen molar-refractivity contribution in [3.05, 3.63) is 35.2 Å². The number of hydrogen-bond acceptors (Lipinski definition) is 2. The quantitative estimate of drug-likeness (QED) is 0.847. The number of rotatable bonds is 1. The first kappa shape index (κ1) is 15.8. The van der Waals surface area contributed by atoms with E-state index in [1.807, 2.05) is 6.08 Å². The Balaban J connectivity index is 1.60. The minimum atomic E-state index is -4.36. The molecule has 1 spiro atoms. The predicted molar refractivity (Wildman–Crippen MR) is 77.7 cm³/mol. The summed E-state index contributed by atoms with van der Waals surface area (Å²) in [6.45, 7) is 1.18. The molecule has 2 heterocycles. The maximum Gasteiger partial charge on any atom is 0.417 e. The molecule has 4 nitrogen and oxygen atoms in total. The molecule has 2 fully saturated rings. The van der Waals surface area contributed by atoms with E-state index in [1.54, 1.807) is 0 Å². The first-order valence-corrected chi connectivity index (χ1v) is 7.48. The van der Waals surface area contributed by atoms with E-state index >= 15 is 0 Å². The molecule has 2 aliphatic rings. The Labute approximate surface area is 131 Å². The van der Waals surface area contributed by atoms with Gasteiger partial charge >= 0.3 is 12.3 Å². The zero-order valence-corrected chi connectivity index (χ0v) is 12.4. The third kappa shape index (κ3) is 3.33. The second-order valence-corrected chi connectivity index (χ2v) is 6.41. The largest absolute Gasteiger partial charge is 0.465 e. The van der Waals surface area contributed by atoms with Gasteiger partial charge in [0.1, 0.15) is 0 Å². The van der Waals surface area contributed by atoms with Crippen LogP contribution in [0, 0.1) is 5.41 Å². The van der Waals surface area contributed by atoms with E-state index in [2.05, 4.69) is 4.98 Å². The first-order chi connectivity index (χ1) is 10.8. The molecule has 1 aliphatic heterocycles. The Hall–Kier alpha value is -2.05. The Morgan fingerprint density at radius 1 is 1.26 bits per heavy atom.